The van der Waals surface area contributed by atoms with Crippen LogP contribution in [0.4, 0.5) is 10.1 Å². The Morgan fingerprint density at radius 1 is 1.18 bits per heavy atom. The van der Waals surface area contributed by atoms with Gasteiger partial charge in [0, 0.05) is 18.7 Å². The molecule has 5 heteroatoms. The van der Waals surface area contributed by atoms with Gasteiger partial charge in [0.15, 0.2) is 0 Å². The molecule has 0 fully saturated rings. The van der Waals surface area contributed by atoms with Gasteiger partial charge in [-0.3, -0.25) is 4.79 Å². The lowest BCUT2D eigenvalue weighted by Crippen LogP contribution is -2.20. The van der Waals surface area contributed by atoms with E-state index in [9.17, 15) is 9.18 Å². The Hall–Kier alpha value is -2.40. The Labute approximate surface area is 128 Å². The Balaban J connectivity index is 1.51. The van der Waals surface area contributed by atoms with E-state index in [1.165, 1.54) is 11.6 Å². The topological polar surface area (TPSA) is 50.4 Å². The molecule has 2 N–H and O–H groups in total. The average Bonchev–Trinajstić information content (AvgIpc) is 2.93. The number of fused-ring (bicyclic) bond motifs is 1. The van der Waals surface area contributed by atoms with Crippen LogP contribution in [0.1, 0.15) is 11.1 Å². The summed E-state index contributed by atoms with van der Waals surface area (Å²) in [4.78, 5) is 11.4. The molecular weight excluding hydrogens is 283 g/mol. The maximum atomic E-state index is 13.6. The van der Waals surface area contributed by atoms with Crippen molar-refractivity contribution < 1.29 is 13.9 Å². The molecule has 0 spiro atoms. The van der Waals surface area contributed by atoms with Gasteiger partial charge in [0.2, 0.25) is 5.91 Å². The first-order chi connectivity index (χ1) is 10.7. The summed E-state index contributed by atoms with van der Waals surface area (Å²) in [5, 5.41) is 5.80. The molecule has 0 aliphatic carbocycles. The zero-order valence-electron chi connectivity index (χ0n) is 12.1. The molecule has 0 bridgehead atoms. The number of halogens is 1. The molecule has 0 unspecified atom stereocenters. The molecule has 0 aromatic heterocycles. The smallest absolute Gasteiger partial charge is 0.229 e. The van der Waals surface area contributed by atoms with Gasteiger partial charge in [-0.2, -0.15) is 0 Å². The summed E-state index contributed by atoms with van der Waals surface area (Å²) in [6, 6.07) is 13.0. The fourth-order valence-corrected chi connectivity index (χ4v) is 2.45. The molecule has 114 valence electrons. The molecule has 0 saturated carbocycles. The Bertz CT molecular complexity index is 674. The zero-order chi connectivity index (χ0) is 15.4. The standard InChI is InChI=1S/C17H17FN2O2/c18-14-6-7-15(13-10-16(21)20-17(13)14)22-9-8-19-11-12-4-2-1-3-5-12/h1-7,19H,8-11H2,(H,20,21). The van der Waals surface area contributed by atoms with Crippen LogP contribution in [0.25, 0.3) is 0 Å². The highest BCUT2D eigenvalue weighted by Crippen LogP contribution is 2.33. The number of ether oxygens (including phenoxy) is 1. The maximum absolute atomic E-state index is 13.6. The second kappa shape index (κ2) is 6.58. The lowest BCUT2D eigenvalue weighted by Gasteiger charge is -2.11. The van der Waals surface area contributed by atoms with Crippen molar-refractivity contribution in [1.82, 2.24) is 5.32 Å². The van der Waals surface area contributed by atoms with Crippen molar-refractivity contribution in [2.24, 2.45) is 0 Å². The van der Waals surface area contributed by atoms with E-state index in [1.54, 1.807) is 6.07 Å². The number of benzene rings is 2. The fraction of sp³-hybridized carbons (Fsp3) is 0.235. The van der Waals surface area contributed by atoms with Crippen molar-refractivity contribution in [3.05, 3.63) is 59.4 Å². The van der Waals surface area contributed by atoms with Gasteiger partial charge in [0.05, 0.1) is 12.1 Å². The van der Waals surface area contributed by atoms with Crippen molar-refractivity contribution in [2.75, 3.05) is 18.5 Å². The predicted molar refractivity (Wildman–Crippen MR) is 82.4 cm³/mol. The molecule has 0 saturated heterocycles. The summed E-state index contributed by atoms with van der Waals surface area (Å²) in [5.74, 6) is -0.0567. The van der Waals surface area contributed by atoms with E-state index < -0.39 is 5.82 Å². The minimum Gasteiger partial charge on any atom is -0.492 e. The van der Waals surface area contributed by atoms with E-state index in [2.05, 4.69) is 22.8 Å². The van der Waals surface area contributed by atoms with E-state index in [4.69, 9.17) is 4.74 Å². The van der Waals surface area contributed by atoms with Crippen LogP contribution in [0.15, 0.2) is 42.5 Å². The highest BCUT2D eigenvalue weighted by Gasteiger charge is 2.24. The fourth-order valence-electron chi connectivity index (χ4n) is 2.45. The van der Waals surface area contributed by atoms with E-state index in [0.29, 0.717) is 24.5 Å². The highest BCUT2D eigenvalue weighted by molar-refractivity contribution is 6.00. The second-order valence-corrected chi connectivity index (χ2v) is 5.13. The van der Waals surface area contributed by atoms with Gasteiger partial charge in [-0.15, -0.1) is 0 Å². The van der Waals surface area contributed by atoms with E-state index in [1.807, 2.05) is 18.2 Å². The lowest BCUT2D eigenvalue weighted by molar-refractivity contribution is -0.115. The Morgan fingerprint density at radius 3 is 2.82 bits per heavy atom. The van der Waals surface area contributed by atoms with Gasteiger partial charge in [-0.25, -0.2) is 4.39 Å². The highest BCUT2D eigenvalue weighted by atomic mass is 19.1. The largest absolute Gasteiger partial charge is 0.492 e. The van der Waals surface area contributed by atoms with Crippen molar-refractivity contribution in [1.29, 1.82) is 0 Å². The number of carbonyl (C=O) groups excluding carboxylic acids is 1. The summed E-state index contributed by atoms with van der Waals surface area (Å²) in [6.45, 7) is 1.90. The van der Waals surface area contributed by atoms with Gasteiger partial charge in [-0.1, -0.05) is 30.3 Å². The SMILES string of the molecule is O=C1Cc2c(OCCNCc3ccccc3)ccc(F)c2N1. The van der Waals surface area contributed by atoms with Crippen LogP contribution in [-0.4, -0.2) is 19.1 Å². The Kier molecular flexibility index (Phi) is 4.34. The Morgan fingerprint density at radius 2 is 2.00 bits per heavy atom. The minimum atomic E-state index is -0.421. The average molecular weight is 300 g/mol. The number of carbonyl (C=O) groups is 1. The zero-order valence-corrected chi connectivity index (χ0v) is 12.1. The van der Waals surface area contributed by atoms with Crippen LogP contribution < -0.4 is 15.4 Å². The van der Waals surface area contributed by atoms with Crippen LogP contribution in [-0.2, 0) is 17.8 Å². The molecule has 1 aliphatic heterocycles. The second-order valence-electron chi connectivity index (χ2n) is 5.13. The van der Waals surface area contributed by atoms with E-state index >= 15 is 0 Å². The first-order valence-electron chi connectivity index (χ1n) is 7.23. The van der Waals surface area contributed by atoms with Crippen molar-refractivity contribution in [3.8, 4) is 5.75 Å². The molecule has 22 heavy (non-hydrogen) atoms. The third kappa shape index (κ3) is 3.26. The van der Waals surface area contributed by atoms with Crippen LogP contribution >= 0.6 is 0 Å². The van der Waals surface area contributed by atoms with Crippen LogP contribution in [0.2, 0.25) is 0 Å². The molecule has 0 radical (unpaired) electrons. The number of nitrogens with one attached hydrogen (secondary N) is 2. The molecule has 2 aromatic carbocycles. The molecule has 1 aliphatic rings. The molecule has 1 amide bonds. The summed E-state index contributed by atoms with van der Waals surface area (Å²) in [6.07, 6.45) is 0.167. The summed E-state index contributed by atoms with van der Waals surface area (Å²) in [5.41, 5.74) is 2.06. The molecule has 0 atom stereocenters. The van der Waals surface area contributed by atoms with Gasteiger partial charge in [0.1, 0.15) is 18.2 Å². The number of anilines is 1. The molecule has 2 aromatic rings. The van der Waals surface area contributed by atoms with Crippen molar-refractivity contribution in [3.63, 3.8) is 0 Å². The van der Waals surface area contributed by atoms with Gasteiger partial charge < -0.3 is 15.4 Å². The number of hydrogen-bond acceptors (Lipinski definition) is 3. The van der Waals surface area contributed by atoms with Gasteiger partial charge >= 0.3 is 0 Å². The number of rotatable bonds is 6. The summed E-state index contributed by atoms with van der Waals surface area (Å²) < 4.78 is 19.3. The van der Waals surface area contributed by atoms with Gasteiger partial charge in [-0.05, 0) is 17.7 Å². The summed E-state index contributed by atoms with van der Waals surface area (Å²) in [7, 11) is 0. The monoisotopic (exact) mass is 300 g/mol. The lowest BCUT2D eigenvalue weighted by atomic mass is 10.1. The maximum Gasteiger partial charge on any atom is 0.229 e. The molecule has 1 heterocycles. The van der Waals surface area contributed by atoms with Crippen molar-refractivity contribution in [2.45, 2.75) is 13.0 Å². The predicted octanol–water partition coefficient (Wildman–Crippen LogP) is 2.49. The summed E-state index contributed by atoms with van der Waals surface area (Å²) >= 11 is 0. The number of hydrogen-bond donors (Lipinski definition) is 2. The molecule has 4 nitrogen and oxygen atoms in total. The van der Waals surface area contributed by atoms with E-state index in [0.717, 1.165) is 6.54 Å². The third-order valence-corrected chi connectivity index (χ3v) is 3.53. The third-order valence-electron chi connectivity index (χ3n) is 3.53. The first kappa shape index (κ1) is 14.5. The van der Waals surface area contributed by atoms with Crippen molar-refractivity contribution >= 4 is 11.6 Å². The normalized spacial score (nSPS) is 12.9. The molecular formula is C17H17FN2O2. The minimum absolute atomic E-state index is 0.167. The van der Waals surface area contributed by atoms with Gasteiger partial charge in [0.25, 0.3) is 0 Å². The molecule has 3 rings (SSSR count). The number of amides is 1. The van der Waals surface area contributed by atoms with Crippen LogP contribution in [0.3, 0.4) is 0 Å². The first-order valence-corrected chi connectivity index (χ1v) is 7.23. The van der Waals surface area contributed by atoms with Crippen LogP contribution in [0.5, 0.6) is 5.75 Å². The quantitative estimate of drug-likeness (QED) is 0.806. The van der Waals surface area contributed by atoms with Crippen LogP contribution in [0, 0.1) is 5.82 Å². The van der Waals surface area contributed by atoms with E-state index in [-0.39, 0.29) is 18.0 Å².